The maximum absolute atomic E-state index is 9.25. The summed E-state index contributed by atoms with van der Waals surface area (Å²) in [5.74, 6) is -2.94. The van der Waals surface area contributed by atoms with E-state index < -0.39 is 24.0 Å². The molecule has 146 valence electrons. The summed E-state index contributed by atoms with van der Waals surface area (Å²) in [5, 5.41) is 39.8. The largest absolute Gasteiger partial charge is 0.478 e. The fourth-order valence-electron chi connectivity index (χ4n) is 0.322. The van der Waals surface area contributed by atoms with E-state index in [1.165, 1.54) is 0 Å². The molecular formula is C15H26O10. The quantitative estimate of drug-likeness (QED) is 0.167. The minimum absolute atomic E-state index is 0.0243. The predicted molar refractivity (Wildman–Crippen MR) is 88.8 cm³/mol. The molecule has 0 aliphatic heterocycles. The predicted octanol–water partition coefficient (Wildman–Crippen LogP) is 0.469. The first kappa shape index (κ1) is 30.4. The number of hydrogen-bond acceptors (Lipinski definition) is 7. The van der Waals surface area contributed by atoms with Gasteiger partial charge in [0, 0.05) is 18.2 Å². The van der Waals surface area contributed by atoms with E-state index in [2.05, 4.69) is 29.5 Å². The van der Waals surface area contributed by atoms with Crippen LogP contribution in [-0.2, 0) is 24.2 Å². The van der Waals surface area contributed by atoms with Crippen molar-refractivity contribution in [2.75, 3.05) is 19.8 Å². The Morgan fingerprint density at radius 3 is 1.44 bits per heavy atom. The Morgan fingerprint density at radius 2 is 1.24 bits per heavy atom. The average Bonchev–Trinajstić information content (AvgIpc) is 2.59. The summed E-state index contributed by atoms with van der Waals surface area (Å²) >= 11 is 0. The molecule has 1 atom stereocenters. The SMILES string of the molecule is C=CC(=O)O.C=CC(=O)O.C=CC(=O)O.CCCOOCC(O)CO. The van der Waals surface area contributed by atoms with Gasteiger partial charge in [-0.05, 0) is 6.42 Å². The van der Waals surface area contributed by atoms with Gasteiger partial charge < -0.3 is 25.5 Å². The first-order valence-electron chi connectivity index (χ1n) is 6.72. The van der Waals surface area contributed by atoms with Crippen molar-refractivity contribution in [1.82, 2.24) is 0 Å². The van der Waals surface area contributed by atoms with E-state index in [0.717, 1.165) is 24.6 Å². The van der Waals surface area contributed by atoms with Crippen LogP contribution in [0, 0.1) is 0 Å². The molecule has 0 aromatic heterocycles. The summed E-state index contributed by atoms with van der Waals surface area (Å²) in [6.07, 6.45) is 2.53. The molecule has 0 spiro atoms. The van der Waals surface area contributed by atoms with E-state index >= 15 is 0 Å². The highest BCUT2D eigenvalue weighted by atomic mass is 17.2. The molecule has 10 nitrogen and oxygen atoms in total. The second-order valence-electron chi connectivity index (χ2n) is 3.57. The van der Waals surface area contributed by atoms with E-state index in [4.69, 9.17) is 25.5 Å². The summed E-state index contributed by atoms with van der Waals surface area (Å²) in [6.45, 7) is 11.1. The van der Waals surface area contributed by atoms with Crippen LogP contribution in [0.2, 0.25) is 0 Å². The second kappa shape index (κ2) is 26.4. The van der Waals surface area contributed by atoms with Gasteiger partial charge in [-0.2, -0.15) is 0 Å². The molecule has 0 aromatic rings. The molecule has 0 aromatic carbocycles. The van der Waals surface area contributed by atoms with Gasteiger partial charge in [-0.1, -0.05) is 26.7 Å². The zero-order valence-corrected chi connectivity index (χ0v) is 14.0. The normalized spacial score (nSPS) is 9.24. The van der Waals surface area contributed by atoms with E-state index in [-0.39, 0.29) is 13.2 Å². The standard InChI is InChI=1S/C6H14O4.3C3H4O2/c1-2-3-9-10-5-6(8)4-7;3*1-2-3(4)5/h6-8H,2-5H2,1H3;3*2H,1H2,(H,4,5). The van der Waals surface area contributed by atoms with Crippen molar-refractivity contribution >= 4 is 17.9 Å². The van der Waals surface area contributed by atoms with E-state index in [1.54, 1.807) is 0 Å². The highest BCUT2D eigenvalue weighted by molar-refractivity contribution is 5.79. The van der Waals surface area contributed by atoms with Crippen molar-refractivity contribution < 1.29 is 49.7 Å². The third-order valence-electron chi connectivity index (χ3n) is 1.37. The lowest BCUT2D eigenvalue weighted by atomic mass is 10.4. The van der Waals surface area contributed by atoms with Crippen LogP contribution in [-0.4, -0.2) is 69.4 Å². The smallest absolute Gasteiger partial charge is 0.327 e. The van der Waals surface area contributed by atoms with Crippen molar-refractivity contribution in [2.45, 2.75) is 19.4 Å². The van der Waals surface area contributed by atoms with Gasteiger partial charge in [0.25, 0.3) is 0 Å². The fourth-order valence-corrected chi connectivity index (χ4v) is 0.322. The van der Waals surface area contributed by atoms with Crippen LogP contribution in [0.4, 0.5) is 0 Å². The minimum atomic E-state index is -0.981. The Hall–Kier alpha value is -2.53. The third-order valence-corrected chi connectivity index (χ3v) is 1.37. The second-order valence-corrected chi connectivity index (χ2v) is 3.57. The van der Waals surface area contributed by atoms with Crippen molar-refractivity contribution in [3.8, 4) is 0 Å². The van der Waals surface area contributed by atoms with Gasteiger partial charge >= 0.3 is 17.9 Å². The maximum Gasteiger partial charge on any atom is 0.327 e. The lowest BCUT2D eigenvalue weighted by Gasteiger charge is -2.05. The van der Waals surface area contributed by atoms with Crippen molar-refractivity contribution in [3.05, 3.63) is 38.0 Å². The third kappa shape index (κ3) is 61.9. The summed E-state index contributed by atoms with van der Waals surface area (Å²) in [4.78, 5) is 36.9. The van der Waals surface area contributed by atoms with Crippen LogP contribution >= 0.6 is 0 Å². The molecule has 0 bridgehead atoms. The first-order valence-corrected chi connectivity index (χ1v) is 6.72. The number of aliphatic hydroxyl groups is 2. The van der Waals surface area contributed by atoms with Gasteiger partial charge in [0.15, 0.2) is 0 Å². The lowest BCUT2D eigenvalue weighted by molar-refractivity contribution is -0.306. The highest BCUT2D eigenvalue weighted by Gasteiger charge is 2.00. The average molecular weight is 366 g/mol. The van der Waals surface area contributed by atoms with Crippen LogP contribution in [0.25, 0.3) is 0 Å². The lowest BCUT2D eigenvalue weighted by Crippen LogP contribution is -2.19. The molecule has 0 saturated heterocycles. The van der Waals surface area contributed by atoms with Crippen molar-refractivity contribution in [2.24, 2.45) is 0 Å². The molecule has 0 amide bonds. The maximum atomic E-state index is 9.25. The Kier molecular flexibility index (Phi) is 32.0. The topological polar surface area (TPSA) is 171 Å². The molecular weight excluding hydrogens is 340 g/mol. The van der Waals surface area contributed by atoms with Gasteiger partial charge in [0.05, 0.1) is 13.2 Å². The van der Waals surface area contributed by atoms with Crippen LogP contribution in [0.1, 0.15) is 13.3 Å². The summed E-state index contributed by atoms with van der Waals surface area (Å²) in [7, 11) is 0. The van der Waals surface area contributed by atoms with Gasteiger partial charge in [0.1, 0.15) is 12.7 Å². The number of hydrogen-bond donors (Lipinski definition) is 5. The number of aliphatic carboxylic acids is 3. The van der Waals surface area contributed by atoms with Crippen LogP contribution in [0.3, 0.4) is 0 Å². The molecule has 0 aliphatic carbocycles. The minimum Gasteiger partial charge on any atom is -0.478 e. The molecule has 0 aliphatic rings. The Bertz CT molecular complexity index is 336. The summed E-state index contributed by atoms with van der Waals surface area (Å²) < 4.78 is 0. The molecule has 0 heterocycles. The van der Waals surface area contributed by atoms with E-state index in [9.17, 15) is 14.4 Å². The van der Waals surface area contributed by atoms with Gasteiger partial charge in [-0.3, -0.25) is 0 Å². The van der Waals surface area contributed by atoms with Gasteiger partial charge in [-0.25, -0.2) is 24.2 Å². The summed E-state index contributed by atoms with van der Waals surface area (Å²) in [5.41, 5.74) is 0. The molecule has 5 N–H and O–H groups in total. The number of carboxylic acids is 3. The van der Waals surface area contributed by atoms with E-state index in [1.807, 2.05) is 6.92 Å². The molecule has 0 rings (SSSR count). The molecule has 0 saturated carbocycles. The first-order chi connectivity index (χ1) is 11.6. The zero-order valence-electron chi connectivity index (χ0n) is 14.0. The monoisotopic (exact) mass is 366 g/mol. The summed E-state index contributed by atoms with van der Waals surface area (Å²) in [6, 6.07) is 0. The van der Waals surface area contributed by atoms with Crippen molar-refractivity contribution in [3.63, 3.8) is 0 Å². The Morgan fingerprint density at radius 1 is 0.920 bits per heavy atom. The van der Waals surface area contributed by atoms with Gasteiger partial charge in [0.2, 0.25) is 0 Å². The van der Waals surface area contributed by atoms with Crippen LogP contribution in [0.5, 0.6) is 0 Å². The molecule has 1 unspecified atom stereocenters. The van der Waals surface area contributed by atoms with Gasteiger partial charge in [-0.15, -0.1) is 0 Å². The molecule has 25 heavy (non-hydrogen) atoms. The Balaban J connectivity index is -0.000000126. The number of carbonyl (C=O) groups is 3. The molecule has 0 radical (unpaired) electrons. The number of rotatable bonds is 9. The highest BCUT2D eigenvalue weighted by Crippen LogP contribution is 1.86. The Labute approximate surface area is 145 Å². The van der Waals surface area contributed by atoms with Crippen LogP contribution in [0.15, 0.2) is 38.0 Å². The van der Waals surface area contributed by atoms with Crippen molar-refractivity contribution in [1.29, 1.82) is 0 Å². The number of aliphatic hydroxyl groups excluding tert-OH is 2. The number of carboxylic acid groups (broad SMARTS) is 3. The zero-order chi connectivity index (χ0) is 20.7. The molecule has 10 heteroatoms. The molecule has 0 fully saturated rings. The van der Waals surface area contributed by atoms with E-state index in [0.29, 0.717) is 6.61 Å². The van der Waals surface area contributed by atoms with Crippen LogP contribution < -0.4 is 0 Å². The fraction of sp³-hybridized carbons (Fsp3) is 0.400.